The Morgan fingerprint density at radius 3 is 1.53 bits per heavy atom. The van der Waals surface area contributed by atoms with E-state index in [4.69, 9.17) is 0 Å². The van der Waals surface area contributed by atoms with Crippen LogP contribution in [0.25, 0.3) is 94.3 Å². The van der Waals surface area contributed by atoms with Crippen molar-refractivity contribution in [1.29, 1.82) is 0 Å². The summed E-state index contributed by atoms with van der Waals surface area (Å²) in [5, 5.41) is 2.44. The van der Waals surface area contributed by atoms with E-state index in [1.807, 2.05) is 0 Å². The summed E-state index contributed by atoms with van der Waals surface area (Å²) in [6.45, 7) is 4.79. The average molecular weight is 993 g/mol. The number of hydrogen-bond donors (Lipinski definition) is 0. The molecule has 0 amide bonds. The zero-order valence-corrected chi connectivity index (χ0v) is 43.5. The zero-order valence-electron chi connectivity index (χ0n) is 43.5. The van der Waals surface area contributed by atoms with E-state index in [1.54, 1.807) is 0 Å². The minimum absolute atomic E-state index is 0.0896. The molecule has 13 aromatic rings. The largest absolute Gasteiger partial charge is 0.310 e. The lowest BCUT2D eigenvalue weighted by atomic mass is 9.69. The molecule has 78 heavy (non-hydrogen) atoms. The second-order valence-corrected chi connectivity index (χ2v) is 21.9. The third-order valence-corrected chi connectivity index (χ3v) is 17.6. The lowest BCUT2D eigenvalue weighted by Gasteiger charge is -2.31. The van der Waals surface area contributed by atoms with Gasteiger partial charge in [0.2, 0.25) is 0 Å². The highest BCUT2D eigenvalue weighted by Crippen LogP contribution is 2.66. The van der Waals surface area contributed by atoms with E-state index in [9.17, 15) is 0 Å². The molecule has 3 aliphatic rings. The molecule has 0 N–H and O–H groups in total. The van der Waals surface area contributed by atoms with Crippen LogP contribution in [-0.2, 0) is 10.8 Å². The van der Waals surface area contributed by atoms with Gasteiger partial charge in [0, 0.05) is 38.9 Å². The molecule has 12 aromatic carbocycles. The highest BCUT2D eigenvalue weighted by molar-refractivity contribution is 6.11. The lowest BCUT2D eigenvalue weighted by Crippen LogP contribution is -2.26. The van der Waals surface area contributed by atoms with Gasteiger partial charge < -0.3 is 9.47 Å². The van der Waals surface area contributed by atoms with E-state index in [0.29, 0.717) is 0 Å². The first-order chi connectivity index (χ1) is 38.4. The average Bonchev–Trinajstić information content (AvgIpc) is 2.83. The van der Waals surface area contributed by atoms with Crippen LogP contribution in [0.1, 0.15) is 47.2 Å². The predicted molar refractivity (Wildman–Crippen MR) is 326 cm³/mol. The minimum Gasteiger partial charge on any atom is -0.310 e. The van der Waals surface area contributed by atoms with Gasteiger partial charge in [0.05, 0.1) is 16.4 Å². The molecule has 366 valence electrons. The molecular formula is C76H52N2. The van der Waals surface area contributed by atoms with Crippen LogP contribution >= 0.6 is 0 Å². The van der Waals surface area contributed by atoms with Crippen molar-refractivity contribution in [1.82, 2.24) is 4.57 Å². The van der Waals surface area contributed by atoms with E-state index in [-0.39, 0.29) is 5.41 Å². The number of fused-ring (bicyclic) bond motifs is 17. The molecule has 1 heterocycles. The van der Waals surface area contributed by atoms with Crippen LogP contribution in [0, 0.1) is 0 Å². The van der Waals surface area contributed by atoms with E-state index in [0.717, 1.165) is 28.3 Å². The monoisotopic (exact) mass is 992 g/mol. The van der Waals surface area contributed by atoms with Crippen molar-refractivity contribution in [2.75, 3.05) is 4.90 Å². The fourth-order valence-electron chi connectivity index (χ4n) is 14.1. The van der Waals surface area contributed by atoms with E-state index < -0.39 is 5.41 Å². The number of benzene rings is 12. The molecule has 16 rings (SSSR count). The normalized spacial score (nSPS) is 14.9. The Morgan fingerprint density at radius 1 is 0.282 bits per heavy atom. The number of nitrogens with zero attached hydrogens (tertiary/aromatic N) is 2. The summed E-state index contributed by atoms with van der Waals surface area (Å²) < 4.78 is 2.38. The van der Waals surface area contributed by atoms with Gasteiger partial charge in [-0.1, -0.05) is 226 Å². The van der Waals surface area contributed by atoms with Crippen molar-refractivity contribution in [2.24, 2.45) is 0 Å². The van der Waals surface area contributed by atoms with Gasteiger partial charge in [-0.05, 0) is 167 Å². The molecule has 0 saturated heterocycles. The highest BCUT2D eigenvalue weighted by atomic mass is 15.1. The van der Waals surface area contributed by atoms with Crippen molar-refractivity contribution in [2.45, 2.75) is 24.7 Å². The van der Waals surface area contributed by atoms with Crippen LogP contribution in [0.15, 0.2) is 279 Å². The Balaban J connectivity index is 0.802. The third kappa shape index (κ3) is 6.32. The smallest absolute Gasteiger partial charge is 0.0725 e. The van der Waals surface area contributed by atoms with Crippen molar-refractivity contribution < 1.29 is 0 Å². The van der Waals surface area contributed by atoms with Crippen LogP contribution < -0.4 is 4.90 Å². The van der Waals surface area contributed by atoms with Crippen LogP contribution in [0.3, 0.4) is 0 Å². The molecule has 0 aliphatic heterocycles. The zero-order chi connectivity index (χ0) is 51.7. The van der Waals surface area contributed by atoms with Crippen molar-refractivity contribution >= 4 is 38.9 Å². The van der Waals surface area contributed by atoms with Gasteiger partial charge in [-0.3, -0.25) is 0 Å². The Kier molecular flexibility index (Phi) is 9.63. The maximum atomic E-state index is 2.51. The Morgan fingerprint density at radius 2 is 0.769 bits per heavy atom. The molecule has 3 aliphatic carbocycles. The fraction of sp³-hybridized carbons (Fsp3) is 0.0526. The SMILES string of the molecule is CC1(C)c2ccccc2-c2c1ccc1c2-c2ccccc2C12c1ccccc1-c1ccc(-c3ccc(-c4cccc(N(c5ccc(-c6ccccc6)cc5)c5ccc6c(c5)c5ccccc5n6-c5ccccc5)c4)cc3)cc12. The second kappa shape index (κ2) is 16.9. The summed E-state index contributed by atoms with van der Waals surface area (Å²) in [6.07, 6.45) is 0. The third-order valence-electron chi connectivity index (χ3n) is 17.6. The van der Waals surface area contributed by atoms with Crippen LogP contribution in [0.4, 0.5) is 17.1 Å². The highest BCUT2D eigenvalue weighted by Gasteiger charge is 2.53. The number of aromatic nitrogens is 1. The van der Waals surface area contributed by atoms with Gasteiger partial charge in [-0.2, -0.15) is 0 Å². The molecule has 0 bridgehead atoms. The van der Waals surface area contributed by atoms with Gasteiger partial charge in [-0.25, -0.2) is 0 Å². The Labute approximate surface area is 455 Å². The Hall–Kier alpha value is -9.76. The molecule has 2 heteroatoms. The van der Waals surface area contributed by atoms with Gasteiger partial charge >= 0.3 is 0 Å². The number of anilines is 3. The van der Waals surface area contributed by atoms with Crippen molar-refractivity contribution in [3.63, 3.8) is 0 Å². The van der Waals surface area contributed by atoms with Crippen molar-refractivity contribution in [3.05, 3.63) is 312 Å². The van der Waals surface area contributed by atoms with E-state index >= 15 is 0 Å². The summed E-state index contributed by atoms with van der Waals surface area (Å²) in [4.78, 5) is 2.41. The topological polar surface area (TPSA) is 8.17 Å². The molecule has 0 saturated carbocycles. The van der Waals surface area contributed by atoms with E-state index in [1.165, 1.54) is 116 Å². The molecule has 0 fully saturated rings. The summed E-state index contributed by atoms with van der Waals surface area (Å²) in [5.74, 6) is 0. The summed E-state index contributed by atoms with van der Waals surface area (Å²) in [7, 11) is 0. The first kappa shape index (κ1) is 44.5. The number of hydrogen-bond acceptors (Lipinski definition) is 1. The Bertz CT molecular complexity index is 4560. The molecule has 1 aromatic heterocycles. The first-order valence-electron chi connectivity index (χ1n) is 27.3. The molecule has 1 spiro atoms. The number of para-hydroxylation sites is 2. The van der Waals surface area contributed by atoms with Gasteiger partial charge in [0.15, 0.2) is 0 Å². The molecule has 1 unspecified atom stereocenters. The standard InChI is InChI=1S/C76H52N2/c1-75(2)65-28-13-10-26-62(65)73-68(75)43-44-69-74(73)63-27-11-15-30-67(63)76(69)66-29-14-9-24-59(66)60-42-38-54(47-70(60)76)52-34-32-51(33-35-52)53-20-17-23-57(46-53)77(56-39-36-50(37-40-56)49-18-5-3-6-19-49)58-41-45-72-64(48-58)61-25-12-16-31-71(61)78(72)55-21-7-4-8-22-55/h3-48H,1-2H3. The predicted octanol–water partition coefficient (Wildman–Crippen LogP) is 19.9. The van der Waals surface area contributed by atoms with Crippen LogP contribution in [0.5, 0.6) is 0 Å². The maximum absolute atomic E-state index is 2.51. The summed E-state index contributed by atoms with van der Waals surface area (Å²) in [5.41, 5.74) is 29.8. The molecular weight excluding hydrogens is 941 g/mol. The maximum Gasteiger partial charge on any atom is 0.0725 e. The molecule has 0 radical (unpaired) electrons. The quantitative estimate of drug-likeness (QED) is 0.154. The summed E-state index contributed by atoms with van der Waals surface area (Å²) >= 11 is 0. The van der Waals surface area contributed by atoms with Gasteiger partial charge in [0.1, 0.15) is 0 Å². The molecule has 1 atom stereocenters. The van der Waals surface area contributed by atoms with Gasteiger partial charge in [-0.15, -0.1) is 0 Å². The summed E-state index contributed by atoms with van der Waals surface area (Å²) in [6, 6.07) is 104. The van der Waals surface area contributed by atoms with E-state index in [2.05, 4.69) is 302 Å². The van der Waals surface area contributed by atoms with Gasteiger partial charge in [0.25, 0.3) is 0 Å². The molecule has 2 nitrogen and oxygen atoms in total. The lowest BCUT2D eigenvalue weighted by molar-refractivity contribution is 0.660. The minimum atomic E-state index is -0.456. The van der Waals surface area contributed by atoms with Crippen LogP contribution in [-0.4, -0.2) is 4.57 Å². The number of rotatable bonds is 7. The van der Waals surface area contributed by atoms with Crippen LogP contribution in [0.2, 0.25) is 0 Å². The second-order valence-electron chi connectivity index (χ2n) is 21.9. The fourth-order valence-corrected chi connectivity index (χ4v) is 14.1. The van der Waals surface area contributed by atoms with Crippen molar-refractivity contribution in [3.8, 4) is 72.4 Å². The first-order valence-corrected chi connectivity index (χ1v) is 27.3.